The Labute approximate surface area is 233 Å². The van der Waals surface area contributed by atoms with Crippen LogP contribution in [-0.2, 0) is 15.0 Å². The number of carbonyl (C=O) groups excluding carboxylic acids is 2. The molecule has 0 saturated heterocycles. The van der Waals surface area contributed by atoms with E-state index in [4.69, 9.17) is 25.8 Å². The number of anilines is 1. The van der Waals surface area contributed by atoms with Crippen molar-refractivity contribution in [2.45, 2.75) is 39.2 Å². The molecule has 0 saturated carbocycles. The summed E-state index contributed by atoms with van der Waals surface area (Å²) in [4.78, 5) is 28.4. The summed E-state index contributed by atoms with van der Waals surface area (Å²) < 4.78 is 17.3. The van der Waals surface area contributed by atoms with Gasteiger partial charge in [-0.2, -0.15) is 0 Å². The fourth-order valence-electron chi connectivity index (χ4n) is 4.49. The van der Waals surface area contributed by atoms with Gasteiger partial charge in [-0.3, -0.25) is 14.5 Å². The number of rotatable bonds is 5. The van der Waals surface area contributed by atoms with Crippen LogP contribution >= 0.6 is 11.6 Å². The predicted molar refractivity (Wildman–Crippen MR) is 152 cm³/mol. The van der Waals surface area contributed by atoms with Crippen LogP contribution in [0, 0.1) is 0 Å². The molecule has 3 aromatic carbocycles. The molecule has 202 valence electrons. The highest BCUT2D eigenvalue weighted by molar-refractivity contribution is 6.30. The molecule has 0 radical (unpaired) electrons. The first-order valence-corrected chi connectivity index (χ1v) is 13.3. The van der Waals surface area contributed by atoms with Crippen molar-refractivity contribution in [2.75, 3.05) is 24.7 Å². The fraction of sp³-hybridized carbons (Fsp3) is 0.290. The second-order valence-electron chi connectivity index (χ2n) is 10.7. The largest absolute Gasteiger partial charge is 0.486 e. The van der Waals surface area contributed by atoms with Crippen LogP contribution in [0.3, 0.4) is 0 Å². The number of ether oxygens (including phenoxy) is 3. The summed E-state index contributed by atoms with van der Waals surface area (Å²) in [5, 5.41) is 3.61. The fourth-order valence-corrected chi connectivity index (χ4v) is 4.61. The van der Waals surface area contributed by atoms with Crippen LogP contribution in [0.5, 0.6) is 17.2 Å². The first kappa shape index (κ1) is 26.6. The Morgan fingerprint density at radius 1 is 1.00 bits per heavy atom. The molecule has 0 spiro atoms. The maximum Gasteiger partial charge on any atom is 0.294 e. The summed E-state index contributed by atoms with van der Waals surface area (Å²) in [5.41, 5.74) is 3.06. The van der Waals surface area contributed by atoms with E-state index >= 15 is 0 Å². The predicted octanol–water partition coefficient (Wildman–Crippen LogP) is 6.05. The maximum absolute atomic E-state index is 13.7. The number of fused-ring (bicyclic) bond motifs is 2. The van der Waals surface area contributed by atoms with E-state index in [2.05, 4.69) is 26.1 Å². The van der Waals surface area contributed by atoms with E-state index < -0.39 is 5.91 Å². The van der Waals surface area contributed by atoms with E-state index in [1.54, 1.807) is 30.3 Å². The molecule has 0 unspecified atom stereocenters. The van der Waals surface area contributed by atoms with Crippen molar-refractivity contribution in [3.63, 3.8) is 0 Å². The normalized spacial score (nSPS) is 16.4. The van der Waals surface area contributed by atoms with Crippen LogP contribution in [0.4, 0.5) is 5.69 Å². The summed E-state index contributed by atoms with van der Waals surface area (Å²) >= 11 is 6.02. The third-order valence-corrected chi connectivity index (χ3v) is 6.96. The van der Waals surface area contributed by atoms with Gasteiger partial charge in [0, 0.05) is 5.02 Å². The first-order valence-electron chi connectivity index (χ1n) is 12.9. The summed E-state index contributed by atoms with van der Waals surface area (Å²) in [5.74, 6) is 1.28. The second-order valence-corrected chi connectivity index (χ2v) is 11.1. The van der Waals surface area contributed by atoms with Crippen molar-refractivity contribution in [1.82, 2.24) is 5.32 Å². The Hall–Kier alpha value is -3.97. The van der Waals surface area contributed by atoms with Crippen molar-refractivity contribution < 1.29 is 23.8 Å². The lowest BCUT2D eigenvalue weighted by Crippen LogP contribution is -2.44. The van der Waals surface area contributed by atoms with Crippen LogP contribution in [0.1, 0.15) is 50.4 Å². The summed E-state index contributed by atoms with van der Waals surface area (Å²) in [6.07, 6.45) is 1.65. The van der Waals surface area contributed by atoms with Gasteiger partial charge in [-0.15, -0.1) is 0 Å². The summed E-state index contributed by atoms with van der Waals surface area (Å²) in [6.45, 7) is 9.00. The lowest BCUT2D eigenvalue weighted by Gasteiger charge is -2.32. The van der Waals surface area contributed by atoms with Crippen molar-refractivity contribution in [3.8, 4) is 17.2 Å². The van der Waals surface area contributed by atoms with Gasteiger partial charge in [0.2, 0.25) is 5.91 Å². The summed E-state index contributed by atoms with van der Waals surface area (Å²) in [6, 6.07) is 18.1. The Balaban J connectivity index is 1.41. The molecule has 2 aliphatic heterocycles. The number of nitrogens with one attached hydrogen (secondary N) is 1. The SMILES string of the molecule is C[C@@H](NC(=O)CN1C(=O)/C(=C\c2ccc(Cl)cc2)Oc2ccc(C(C)(C)C)cc21)c1ccc2c(c1)OCCO2. The number of halogens is 1. The van der Waals surface area contributed by atoms with E-state index in [9.17, 15) is 9.59 Å². The Morgan fingerprint density at radius 2 is 1.69 bits per heavy atom. The van der Waals surface area contributed by atoms with E-state index in [1.807, 2.05) is 43.3 Å². The van der Waals surface area contributed by atoms with Gasteiger partial charge in [-0.1, -0.05) is 56.6 Å². The number of amides is 2. The molecule has 2 aliphatic rings. The lowest BCUT2D eigenvalue weighted by molar-refractivity contribution is -0.123. The average molecular weight is 547 g/mol. The van der Waals surface area contributed by atoms with Crippen LogP contribution in [0.25, 0.3) is 6.08 Å². The molecule has 0 fully saturated rings. The quantitative estimate of drug-likeness (QED) is 0.394. The van der Waals surface area contributed by atoms with Gasteiger partial charge in [0.05, 0.1) is 11.7 Å². The average Bonchev–Trinajstić information content (AvgIpc) is 2.91. The highest BCUT2D eigenvalue weighted by atomic mass is 35.5. The van der Waals surface area contributed by atoms with Crippen molar-refractivity contribution >= 4 is 35.2 Å². The van der Waals surface area contributed by atoms with E-state index in [0.717, 1.165) is 16.7 Å². The zero-order valence-electron chi connectivity index (χ0n) is 22.4. The van der Waals surface area contributed by atoms with Crippen LogP contribution in [0.2, 0.25) is 5.02 Å². The van der Waals surface area contributed by atoms with E-state index in [0.29, 0.717) is 41.2 Å². The number of carbonyl (C=O) groups is 2. The minimum Gasteiger partial charge on any atom is -0.486 e. The monoisotopic (exact) mass is 546 g/mol. The molecule has 7 nitrogen and oxygen atoms in total. The van der Waals surface area contributed by atoms with Crippen LogP contribution in [-0.4, -0.2) is 31.6 Å². The summed E-state index contributed by atoms with van der Waals surface area (Å²) in [7, 11) is 0. The van der Waals surface area contributed by atoms with Gasteiger partial charge < -0.3 is 19.5 Å². The zero-order chi connectivity index (χ0) is 27.7. The molecule has 0 aliphatic carbocycles. The molecule has 3 aromatic rings. The first-order chi connectivity index (χ1) is 18.6. The highest BCUT2D eigenvalue weighted by Crippen LogP contribution is 2.39. The smallest absolute Gasteiger partial charge is 0.294 e. The van der Waals surface area contributed by atoms with Gasteiger partial charge in [0.25, 0.3) is 5.91 Å². The van der Waals surface area contributed by atoms with E-state index in [-0.39, 0.29) is 29.7 Å². The topological polar surface area (TPSA) is 77.1 Å². The molecule has 0 aromatic heterocycles. The molecule has 2 amide bonds. The third kappa shape index (κ3) is 5.88. The molecule has 2 heterocycles. The van der Waals surface area contributed by atoms with Crippen molar-refractivity contribution in [2.24, 2.45) is 0 Å². The molecular formula is C31H31ClN2O5. The lowest BCUT2D eigenvalue weighted by atomic mass is 9.86. The van der Waals surface area contributed by atoms with Crippen LogP contribution < -0.4 is 24.4 Å². The number of hydrogen-bond acceptors (Lipinski definition) is 5. The van der Waals surface area contributed by atoms with Gasteiger partial charge in [0.1, 0.15) is 19.8 Å². The van der Waals surface area contributed by atoms with Gasteiger partial charge in [0.15, 0.2) is 23.0 Å². The molecule has 0 bridgehead atoms. The second kappa shape index (κ2) is 10.7. The van der Waals surface area contributed by atoms with Gasteiger partial charge in [-0.25, -0.2) is 0 Å². The van der Waals surface area contributed by atoms with Crippen LogP contribution in [0.15, 0.2) is 66.4 Å². The van der Waals surface area contributed by atoms with Crippen molar-refractivity contribution in [3.05, 3.63) is 88.1 Å². The molecule has 1 atom stereocenters. The molecule has 5 rings (SSSR count). The maximum atomic E-state index is 13.7. The standard InChI is InChI=1S/C31H31ClN2O5/c1-19(21-7-11-26-27(16-21)38-14-13-37-26)33-29(35)18-34-24-17-22(31(2,3)4)8-12-25(24)39-28(30(34)36)15-20-5-9-23(32)10-6-20/h5-12,15-17,19H,13-14,18H2,1-4H3,(H,33,35)/b28-15+/t19-/m1/s1. The minimum atomic E-state index is -0.398. The Bertz CT molecular complexity index is 1440. The molecule has 8 heteroatoms. The number of hydrogen-bond donors (Lipinski definition) is 1. The molecular weight excluding hydrogens is 516 g/mol. The minimum absolute atomic E-state index is 0.126. The highest BCUT2D eigenvalue weighted by Gasteiger charge is 2.33. The zero-order valence-corrected chi connectivity index (χ0v) is 23.2. The van der Waals surface area contributed by atoms with Gasteiger partial charge in [-0.05, 0) is 71.5 Å². The van der Waals surface area contributed by atoms with E-state index in [1.165, 1.54) is 4.90 Å². The molecule has 39 heavy (non-hydrogen) atoms. The van der Waals surface area contributed by atoms with Gasteiger partial charge >= 0.3 is 0 Å². The number of benzene rings is 3. The third-order valence-electron chi connectivity index (χ3n) is 6.70. The molecule has 1 N–H and O–H groups in total. The number of nitrogens with zero attached hydrogens (tertiary/aromatic N) is 1. The Kier molecular flexibility index (Phi) is 7.28. The van der Waals surface area contributed by atoms with Crippen molar-refractivity contribution in [1.29, 1.82) is 0 Å². The Morgan fingerprint density at radius 3 is 2.41 bits per heavy atom.